The maximum absolute atomic E-state index is 11.4. The van der Waals surface area contributed by atoms with Crippen LogP contribution in [0.2, 0.25) is 0 Å². The summed E-state index contributed by atoms with van der Waals surface area (Å²) in [7, 11) is 0. The number of rotatable bonds is 1. The Morgan fingerprint density at radius 2 is 1.78 bits per heavy atom. The topological polar surface area (TPSA) is 43.4 Å². The van der Waals surface area contributed by atoms with E-state index in [1.807, 2.05) is 19.9 Å². The maximum atomic E-state index is 11.4. The van der Waals surface area contributed by atoms with Crippen molar-refractivity contribution in [1.82, 2.24) is 0 Å². The Morgan fingerprint density at radius 3 is 2.50 bits per heavy atom. The second-order valence-electron chi connectivity index (χ2n) is 4.38. The second-order valence-corrected chi connectivity index (χ2v) is 4.64. The predicted octanol–water partition coefficient (Wildman–Crippen LogP) is 3.89. The Kier molecular flexibility index (Phi) is 2.45. The minimum atomic E-state index is -0.347. The summed E-state index contributed by atoms with van der Waals surface area (Å²) in [4.78, 5) is 11.4. The lowest BCUT2D eigenvalue weighted by molar-refractivity contribution is 0.553. The molecule has 0 atom stereocenters. The van der Waals surface area contributed by atoms with Gasteiger partial charge in [0.1, 0.15) is 16.9 Å². The normalized spacial score (nSPS) is 11.5. The third-order valence-corrected chi connectivity index (χ3v) is 3.47. The fraction of sp³-hybridized carbons (Fsp3) is 0.214. The molecule has 0 aliphatic carbocycles. The van der Waals surface area contributed by atoms with Gasteiger partial charge in [-0.25, -0.2) is 4.79 Å². The van der Waals surface area contributed by atoms with Crippen molar-refractivity contribution in [2.24, 2.45) is 0 Å². The highest BCUT2D eigenvalue weighted by atomic mass is 35.5. The Bertz CT molecular complexity index is 811. The molecule has 3 aromatic rings. The van der Waals surface area contributed by atoms with Gasteiger partial charge in [0.15, 0.2) is 0 Å². The van der Waals surface area contributed by atoms with Crippen molar-refractivity contribution in [3.63, 3.8) is 0 Å². The van der Waals surface area contributed by atoms with E-state index in [1.165, 1.54) is 6.07 Å². The number of aryl methyl sites for hydroxylation is 2. The quantitative estimate of drug-likeness (QED) is 0.493. The van der Waals surface area contributed by atoms with Crippen LogP contribution >= 0.6 is 11.6 Å². The molecule has 0 radical (unpaired) electrons. The van der Waals surface area contributed by atoms with E-state index in [2.05, 4.69) is 0 Å². The number of hydrogen-bond acceptors (Lipinski definition) is 3. The fourth-order valence-electron chi connectivity index (χ4n) is 2.21. The van der Waals surface area contributed by atoms with Crippen LogP contribution < -0.4 is 5.63 Å². The lowest BCUT2D eigenvalue weighted by Gasteiger charge is -2.00. The molecule has 0 aliphatic rings. The highest BCUT2D eigenvalue weighted by Crippen LogP contribution is 2.30. The van der Waals surface area contributed by atoms with Gasteiger partial charge in [0.2, 0.25) is 0 Å². The smallest absolute Gasteiger partial charge is 0.336 e. The molecule has 0 N–H and O–H groups in total. The summed E-state index contributed by atoms with van der Waals surface area (Å²) in [6, 6.07) is 5.23. The highest BCUT2D eigenvalue weighted by molar-refractivity contribution is 6.17. The zero-order valence-electron chi connectivity index (χ0n) is 10.0. The Balaban J connectivity index is 2.49. The summed E-state index contributed by atoms with van der Waals surface area (Å²) in [5.74, 6) is 1.08. The summed E-state index contributed by atoms with van der Waals surface area (Å²) in [5, 5.41) is 1.93. The Morgan fingerprint density at radius 1 is 1.06 bits per heavy atom. The first-order valence-electron chi connectivity index (χ1n) is 5.62. The molecule has 2 aromatic heterocycles. The highest BCUT2D eigenvalue weighted by Gasteiger charge is 2.12. The van der Waals surface area contributed by atoms with Gasteiger partial charge >= 0.3 is 5.63 Å². The van der Waals surface area contributed by atoms with Crippen LogP contribution in [0.3, 0.4) is 0 Å². The maximum Gasteiger partial charge on any atom is 0.336 e. The molecule has 0 saturated carbocycles. The van der Waals surface area contributed by atoms with Crippen molar-refractivity contribution >= 4 is 33.5 Å². The lowest BCUT2D eigenvalue weighted by atomic mass is 10.1. The Labute approximate surface area is 108 Å². The van der Waals surface area contributed by atoms with E-state index in [0.29, 0.717) is 17.0 Å². The third kappa shape index (κ3) is 1.55. The fourth-order valence-corrected chi connectivity index (χ4v) is 2.47. The average molecular weight is 263 g/mol. The second kappa shape index (κ2) is 3.89. The molecule has 0 amide bonds. The molecule has 0 aliphatic heterocycles. The molecule has 3 rings (SSSR count). The van der Waals surface area contributed by atoms with Crippen LogP contribution in [0, 0.1) is 13.8 Å². The number of benzene rings is 1. The largest absolute Gasteiger partial charge is 0.459 e. The van der Waals surface area contributed by atoms with Gasteiger partial charge in [-0.05, 0) is 31.0 Å². The molecule has 92 valence electrons. The van der Waals surface area contributed by atoms with Gasteiger partial charge in [-0.15, -0.1) is 11.6 Å². The SMILES string of the molecule is Cc1cc(=O)oc2cc3oc(CCl)c(C)c3cc12. The van der Waals surface area contributed by atoms with Gasteiger partial charge < -0.3 is 8.83 Å². The molecule has 0 spiro atoms. The van der Waals surface area contributed by atoms with Crippen molar-refractivity contribution in [2.45, 2.75) is 19.7 Å². The van der Waals surface area contributed by atoms with E-state index in [9.17, 15) is 4.79 Å². The summed E-state index contributed by atoms with van der Waals surface area (Å²) < 4.78 is 10.8. The molecule has 0 bridgehead atoms. The Hall–Kier alpha value is -1.74. The number of alkyl halides is 1. The molecule has 0 saturated heterocycles. The van der Waals surface area contributed by atoms with Crippen molar-refractivity contribution < 1.29 is 8.83 Å². The minimum Gasteiger partial charge on any atom is -0.459 e. The standard InChI is InChI=1S/C14H11ClO3/c1-7-3-14(16)18-11-5-12-10(4-9(7)11)8(2)13(6-15)17-12/h3-5H,6H2,1-2H3. The van der Waals surface area contributed by atoms with Crippen LogP contribution in [0.5, 0.6) is 0 Å². The van der Waals surface area contributed by atoms with Gasteiger partial charge in [0.25, 0.3) is 0 Å². The van der Waals surface area contributed by atoms with Gasteiger partial charge in [-0.1, -0.05) is 0 Å². The molecular weight excluding hydrogens is 252 g/mol. The van der Waals surface area contributed by atoms with E-state index in [1.54, 1.807) is 6.07 Å². The van der Waals surface area contributed by atoms with Gasteiger partial charge in [0, 0.05) is 22.9 Å². The van der Waals surface area contributed by atoms with Crippen molar-refractivity contribution in [2.75, 3.05) is 0 Å². The first-order chi connectivity index (χ1) is 8.60. The minimum absolute atomic E-state index is 0.333. The van der Waals surface area contributed by atoms with E-state index in [-0.39, 0.29) is 5.63 Å². The van der Waals surface area contributed by atoms with Crippen molar-refractivity contribution in [3.8, 4) is 0 Å². The van der Waals surface area contributed by atoms with Gasteiger partial charge in [-0.2, -0.15) is 0 Å². The zero-order chi connectivity index (χ0) is 12.9. The number of hydrogen-bond donors (Lipinski definition) is 0. The van der Waals surface area contributed by atoms with E-state index in [0.717, 1.165) is 27.7 Å². The van der Waals surface area contributed by atoms with Crippen LogP contribution in [-0.4, -0.2) is 0 Å². The van der Waals surface area contributed by atoms with Crippen LogP contribution in [0.1, 0.15) is 16.9 Å². The predicted molar refractivity (Wildman–Crippen MR) is 71.3 cm³/mol. The van der Waals surface area contributed by atoms with Crippen LogP contribution in [0.15, 0.2) is 31.8 Å². The number of furan rings is 1. The molecule has 1 aromatic carbocycles. The molecule has 2 heterocycles. The average Bonchev–Trinajstić information content (AvgIpc) is 2.63. The van der Waals surface area contributed by atoms with Crippen LogP contribution in [-0.2, 0) is 5.88 Å². The van der Waals surface area contributed by atoms with Gasteiger partial charge in [-0.3, -0.25) is 0 Å². The first kappa shape index (κ1) is 11.4. The number of fused-ring (bicyclic) bond motifs is 2. The van der Waals surface area contributed by atoms with E-state index in [4.69, 9.17) is 20.4 Å². The monoisotopic (exact) mass is 262 g/mol. The van der Waals surface area contributed by atoms with E-state index < -0.39 is 0 Å². The van der Waals surface area contributed by atoms with E-state index >= 15 is 0 Å². The van der Waals surface area contributed by atoms with Gasteiger partial charge in [0.05, 0.1) is 5.88 Å². The zero-order valence-corrected chi connectivity index (χ0v) is 10.8. The summed E-state index contributed by atoms with van der Waals surface area (Å²) in [5.41, 5.74) is 2.83. The van der Waals surface area contributed by atoms with Crippen LogP contribution in [0.4, 0.5) is 0 Å². The molecule has 18 heavy (non-hydrogen) atoms. The van der Waals surface area contributed by atoms with Crippen LogP contribution in [0.25, 0.3) is 21.9 Å². The first-order valence-corrected chi connectivity index (χ1v) is 6.16. The van der Waals surface area contributed by atoms with Crippen molar-refractivity contribution in [1.29, 1.82) is 0 Å². The molecule has 0 unspecified atom stereocenters. The third-order valence-electron chi connectivity index (χ3n) is 3.23. The molecule has 4 heteroatoms. The molecule has 0 fully saturated rings. The lowest BCUT2D eigenvalue weighted by Crippen LogP contribution is -1.97. The van der Waals surface area contributed by atoms with Crippen molar-refractivity contribution in [3.05, 3.63) is 45.5 Å². The number of halogens is 1. The molecular formula is C14H11ClO3. The summed E-state index contributed by atoms with van der Waals surface area (Å²) in [6.07, 6.45) is 0. The molecule has 3 nitrogen and oxygen atoms in total. The summed E-state index contributed by atoms with van der Waals surface area (Å²) in [6.45, 7) is 3.87. The summed E-state index contributed by atoms with van der Waals surface area (Å²) >= 11 is 5.82.